The lowest BCUT2D eigenvalue weighted by Gasteiger charge is -2.07. The number of H-pyrrole nitrogens is 1. The largest absolute Gasteiger partial charge is 0.391 e. The SMILES string of the molecule is CCC(O)CNC(=O)c1cc(-c2ccccc2)n[nH]1. The predicted octanol–water partition coefficient (Wildman–Crippen LogP) is 1.58. The van der Waals surface area contributed by atoms with Gasteiger partial charge in [-0.15, -0.1) is 0 Å². The fourth-order valence-corrected chi connectivity index (χ4v) is 1.64. The Bertz CT molecular complexity index is 537. The number of nitrogens with zero attached hydrogens (tertiary/aromatic N) is 1. The Hall–Kier alpha value is -2.14. The number of aromatic nitrogens is 2. The lowest BCUT2D eigenvalue weighted by Crippen LogP contribution is -2.31. The minimum absolute atomic E-state index is 0.245. The summed E-state index contributed by atoms with van der Waals surface area (Å²) in [7, 11) is 0. The molecule has 1 atom stereocenters. The van der Waals surface area contributed by atoms with Crippen molar-refractivity contribution in [1.29, 1.82) is 0 Å². The van der Waals surface area contributed by atoms with E-state index in [0.29, 0.717) is 12.1 Å². The lowest BCUT2D eigenvalue weighted by atomic mass is 10.1. The van der Waals surface area contributed by atoms with Gasteiger partial charge in [0.2, 0.25) is 0 Å². The maximum absolute atomic E-state index is 11.8. The first-order valence-electron chi connectivity index (χ1n) is 6.27. The van der Waals surface area contributed by atoms with Crippen LogP contribution >= 0.6 is 0 Å². The first-order chi connectivity index (χ1) is 9.20. The van der Waals surface area contributed by atoms with E-state index in [1.54, 1.807) is 6.07 Å². The number of carbonyl (C=O) groups is 1. The van der Waals surface area contributed by atoms with Crippen molar-refractivity contribution in [2.24, 2.45) is 0 Å². The predicted molar refractivity (Wildman–Crippen MR) is 72.7 cm³/mol. The van der Waals surface area contributed by atoms with Gasteiger partial charge in [-0.1, -0.05) is 37.3 Å². The molecule has 2 aromatic rings. The molecular formula is C14H17N3O2. The molecule has 0 radical (unpaired) electrons. The monoisotopic (exact) mass is 259 g/mol. The topological polar surface area (TPSA) is 78.0 Å². The van der Waals surface area contributed by atoms with Gasteiger partial charge in [0.25, 0.3) is 5.91 Å². The number of carbonyl (C=O) groups excluding carboxylic acids is 1. The second kappa shape index (κ2) is 6.15. The fraction of sp³-hybridized carbons (Fsp3) is 0.286. The van der Waals surface area contributed by atoms with Gasteiger partial charge in [0.05, 0.1) is 11.8 Å². The third kappa shape index (κ3) is 3.42. The smallest absolute Gasteiger partial charge is 0.269 e. The molecule has 0 aliphatic heterocycles. The minimum atomic E-state index is -0.513. The molecule has 0 fully saturated rings. The third-order valence-corrected chi connectivity index (χ3v) is 2.86. The van der Waals surface area contributed by atoms with Gasteiger partial charge in [-0.25, -0.2) is 0 Å². The quantitative estimate of drug-likeness (QED) is 0.762. The Morgan fingerprint density at radius 3 is 2.84 bits per heavy atom. The Kier molecular flexibility index (Phi) is 4.30. The minimum Gasteiger partial charge on any atom is -0.391 e. The zero-order valence-corrected chi connectivity index (χ0v) is 10.8. The molecule has 0 saturated carbocycles. The molecule has 0 spiro atoms. The van der Waals surface area contributed by atoms with Gasteiger partial charge in [-0.2, -0.15) is 5.10 Å². The zero-order valence-electron chi connectivity index (χ0n) is 10.8. The number of hydrogen-bond donors (Lipinski definition) is 3. The highest BCUT2D eigenvalue weighted by Gasteiger charge is 2.11. The summed E-state index contributed by atoms with van der Waals surface area (Å²) < 4.78 is 0. The van der Waals surface area contributed by atoms with E-state index in [1.165, 1.54) is 0 Å². The van der Waals surface area contributed by atoms with E-state index in [4.69, 9.17) is 0 Å². The molecule has 0 saturated heterocycles. The number of amides is 1. The normalized spacial score (nSPS) is 12.1. The summed E-state index contributed by atoms with van der Waals surface area (Å²) in [6.07, 6.45) is 0.0962. The summed E-state index contributed by atoms with van der Waals surface area (Å²) in [5, 5.41) is 18.9. The standard InChI is InChI=1S/C14H17N3O2/c1-2-11(18)9-15-14(19)13-8-12(16-17-13)10-6-4-3-5-7-10/h3-8,11,18H,2,9H2,1H3,(H,15,19)(H,16,17). The molecule has 19 heavy (non-hydrogen) atoms. The summed E-state index contributed by atoms with van der Waals surface area (Å²) in [5.41, 5.74) is 2.07. The van der Waals surface area contributed by atoms with Crippen molar-refractivity contribution in [1.82, 2.24) is 15.5 Å². The van der Waals surface area contributed by atoms with E-state index in [1.807, 2.05) is 37.3 Å². The van der Waals surface area contributed by atoms with Crippen LogP contribution in [0.1, 0.15) is 23.8 Å². The number of nitrogens with one attached hydrogen (secondary N) is 2. The molecule has 0 aliphatic carbocycles. The van der Waals surface area contributed by atoms with Gasteiger partial charge in [-0.3, -0.25) is 9.89 Å². The number of benzene rings is 1. The summed E-state index contributed by atoms with van der Waals surface area (Å²) in [6, 6.07) is 11.3. The first kappa shape index (κ1) is 13.3. The molecule has 5 nitrogen and oxygen atoms in total. The lowest BCUT2D eigenvalue weighted by molar-refractivity contribution is 0.0909. The van der Waals surface area contributed by atoms with Crippen LogP contribution in [0.15, 0.2) is 36.4 Å². The number of aromatic amines is 1. The number of rotatable bonds is 5. The van der Waals surface area contributed by atoms with Crippen LogP contribution in [0.5, 0.6) is 0 Å². The zero-order chi connectivity index (χ0) is 13.7. The van der Waals surface area contributed by atoms with E-state index in [9.17, 15) is 9.90 Å². The fourth-order valence-electron chi connectivity index (χ4n) is 1.64. The highest BCUT2D eigenvalue weighted by atomic mass is 16.3. The van der Waals surface area contributed by atoms with Crippen molar-refractivity contribution in [2.45, 2.75) is 19.4 Å². The average molecular weight is 259 g/mol. The molecule has 1 aromatic heterocycles. The average Bonchev–Trinajstić information content (AvgIpc) is 2.95. The second-order valence-electron chi connectivity index (χ2n) is 4.30. The van der Waals surface area contributed by atoms with E-state index >= 15 is 0 Å². The molecular weight excluding hydrogens is 242 g/mol. The number of aliphatic hydroxyl groups is 1. The molecule has 3 N–H and O–H groups in total. The van der Waals surface area contributed by atoms with Gasteiger partial charge in [-0.05, 0) is 12.5 Å². The van der Waals surface area contributed by atoms with Gasteiger partial charge in [0.15, 0.2) is 0 Å². The summed E-state index contributed by atoms with van der Waals surface area (Å²) >= 11 is 0. The second-order valence-corrected chi connectivity index (χ2v) is 4.30. The third-order valence-electron chi connectivity index (χ3n) is 2.86. The van der Waals surface area contributed by atoms with Crippen molar-refractivity contribution in [3.63, 3.8) is 0 Å². The summed E-state index contributed by atoms with van der Waals surface area (Å²) in [6.45, 7) is 2.11. The number of aliphatic hydroxyl groups excluding tert-OH is 1. The van der Waals surface area contributed by atoms with Crippen molar-refractivity contribution in [2.75, 3.05) is 6.54 Å². The highest BCUT2D eigenvalue weighted by Crippen LogP contribution is 2.16. The molecule has 2 rings (SSSR count). The Labute approximate surface area is 111 Å². The van der Waals surface area contributed by atoms with Crippen LogP contribution in [0, 0.1) is 0 Å². The van der Waals surface area contributed by atoms with Crippen molar-refractivity contribution in [3.8, 4) is 11.3 Å². The van der Waals surface area contributed by atoms with Gasteiger partial charge < -0.3 is 10.4 Å². The van der Waals surface area contributed by atoms with Crippen LogP contribution in [0.2, 0.25) is 0 Å². The molecule has 1 unspecified atom stereocenters. The van der Waals surface area contributed by atoms with E-state index in [2.05, 4.69) is 15.5 Å². The van der Waals surface area contributed by atoms with Crippen LogP contribution < -0.4 is 5.32 Å². The molecule has 1 heterocycles. The molecule has 1 amide bonds. The van der Waals surface area contributed by atoms with Gasteiger partial charge in [0, 0.05) is 12.1 Å². The molecule has 1 aromatic carbocycles. The molecule has 100 valence electrons. The maximum atomic E-state index is 11.8. The van der Waals surface area contributed by atoms with Crippen LogP contribution in [-0.4, -0.2) is 33.9 Å². The van der Waals surface area contributed by atoms with Gasteiger partial charge in [0.1, 0.15) is 5.69 Å². The van der Waals surface area contributed by atoms with E-state index in [0.717, 1.165) is 11.3 Å². The number of hydrogen-bond acceptors (Lipinski definition) is 3. The Morgan fingerprint density at radius 2 is 2.16 bits per heavy atom. The van der Waals surface area contributed by atoms with E-state index < -0.39 is 6.10 Å². The van der Waals surface area contributed by atoms with Crippen molar-refractivity contribution < 1.29 is 9.90 Å². The van der Waals surface area contributed by atoms with Crippen LogP contribution in [-0.2, 0) is 0 Å². The van der Waals surface area contributed by atoms with Crippen molar-refractivity contribution in [3.05, 3.63) is 42.1 Å². The molecule has 5 heteroatoms. The summed E-state index contributed by atoms with van der Waals surface area (Å²) in [4.78, 5) is 11.8. The van der Waals surface area contributed by atoms with Gasteiger partial charge >= 0.3 is 0 Å². The van der Waals surface area contributed by atoms with Crippen LogP contribution in [0.4, 0.5) is 0 Å². The maximum Gasteiger partial charge on any atom is 0.269 e. The Morgan fingerprint density at radius 1 is 1.42 bits per heavy atom. The van der Waals surface area contributed by atoms with Crippen LogP contribution in [0.3, 0.4) is 0 Å². The molecule has 0 bridgehead atoms. The summed E-state index contributed by atoms with van der Waals surface area (Å²) in [5.74, 6) is -0.262. The molecule has 0 aliphatic rings. The van der Waals surface area contributed by atoms with E-state index in [-0.39, 0.29) is 12.5 Å². The Balaban J connectivity index is 2.03. The highest BCUT2D eigenvalue weighted by molar-refractivity contribution is 5.93. The first-order valence-corrected chi connectivity index (χ1v) is 6.27. The van der Waals surface area contributed by atoms with Crippen molar-refractivity contribution >= 4 is 5.91 Å². The van der Waals surface area contributed by atoms with Crippen LogP contribution in [0.25, 0.3) is 11.3 Å².